The van der Waals surface area contributed by atoms with Crippen molar-refractivity contribution >= 4 is 56.6 Å². The number of carbonyl (C=O) groups is 3. The van der Waals surface area contributed by atoms with Gasteiger partial charge in [0, 0.05) is 15.7 Å². The lowest BCUT2D eigenvalue weighted by atomic mass is 9.63. The summed E-state index contributed by atoms with van der Waals surface area (Å²) >= 11 is 9.40. The van der Waals surface area contributed by atoms with Gasteiger partial charge in [-0.15, -0.1) is 0 Å². The number of allylic oxidation sites excluding steroid dienone is 2. The second-order valence-corrected chi connectivity index (χ2v) is 10.1. The van der Waals surface area contributed by atoms with Crippen molar-refractivity contribution in [2.45, 2.75) is 6.42 Å². The van der Waals surface area contributed by atoms with Gasteiger partial charge in [-0.1, -0.05) is 23.8 Å². The van der Waals surface area contributed by atoms with Gasteiger partial charge in [0.05, 0.1) is 22.5 Å². The first-order valence-corrected chi connectivity index (χ1v) is 11.5. The van der Waals surface area contributed by atoms with E-state index in [-0.39, 0.29) is 41.4 Å². The summed E-state index contributed by atoms with van der Waals surface area (Å²) in [4.78, 5) is 40.3. The maximum absolute atomic E-state index is 13.2. The van der Waals surface area contributed by atoms with Crippen LogP contribution in [0.25, 0.3) is 0 Å². The SMILES string of the molecule is O=C(Nc1ccc(Br)c(Cl)c1)c1ccc(N2C(=O)[C@@H]3[C@H]4C=C[C@@H]([C@@H]5C[C@H]45)[C@@H]3C2=O)cc1. The number of carbonyl (C=O) groups excluding carboxylic acids is 3. The van der Waals surface area contributed by atoms with Gasteiger partial charge in [-0.3, -0.25) is 19.3 Å². The van der Waals surface area contributed by atoms with Crippen molar-refractivity contribution < 1.29 is 14.4 Å². The number of halogens is 2. The highest BCUT2D eigenvalue weighted by Crippen LogP contribution is 2.65. The first-order valence-electron chi connectivity index (χ1n) is 10.4. The third-order valence-corrected chi connectivity index (χ3v) is 8.46. The largest absolute Gasteiger partial charge is 0.322 e. The highest BCUT2D eigenvalue weighted by atomic mass is 79.9. The number of nitrogens with one attached hydrogen (secondary N) is 1. The van der Waals surface area contributed by atoms with Gasteiger partial charge in [-0.25, -0.2) is 0 Å². The van der Waals surface area contributed by atoms with E-state index < -0.39 is 0 Å². The molecule has 2 aromatic carbocycles. The van der Waals surface area contributed by atoms with Crippen molar-refractivity contribution in [2.75, 3.05) is 10.2 Å². The number of hydrogen-bond acceptors (Lipinski definition) is 3. The third kappa shape index (κ3) is 2.84. The van der Waals surface area contributed by atoms with Crippen LogP contribution in [0.4, 0.5) is 11.4 Å². The van der Waals surface area contributed by atoms with Crippen LogP contribution in [0.15, 0.2) is 59.1 Å². The summed E-state index contributed by atoms with van der Waals surface area (Å²) in [6.07, 6.45) is 5.47. The molecule has 156 valence electrons. The predicted octanol–water partition coefficient (Wildman–Crippen LogP) is 4.91. The molecule has 7 heteroatoms. The topological polar surface area (TPSA) is 66.5 Å². The van der Waals surface area contributed by atoms with Crippen LogP contribution in [-0.2, 0) is 9.59 Å². The summed E-state index contributed by atoms with van der Waals surface area (Å²) in [6.45, 7) is 0. The van der Waals surface area contributed by atoms with E-state index >= 15 is 0 Å². The van der Waals surface area contributed by atoms with Gasteiger partial charge in [-0.2, -0.15) is 0 Å². The highest BCUT2D eigenvalue weighted by Gasteiger charge is 2.67. The molecule has 5 nitrogen and oxygen atoms in total. The Hall–Kier alpha value is -2.44. The molecular formula is C24H18BrClN2O3. The van der Waals surface area contributed by atoms with Crippen LogP contribution in [0, 0.1) is 35.5 Å². The summed E-state index contributed by atoms with van der Waals surface area (Å²) in [5, 5.41) is 3.30. The number of amides is 3. The van der Waals surface area contributed by atoms with E-state index in [1.807, 2.05) is 0 Å². The minimum absolute atomic E-state index is 0.0959. The average Bonchev–Trinajstić information content (AvgIpc) is 3.54. The fourth-order valence-corrected chi connectivity index (χ4v) is 6.18. The molecule has 4 aliphatic carbocycles. The molecule has 6 atom stereocenters. The molecule has 0 radical (unpaired) electrons. The van der Waals surface area contributed by atoms with Crippen LogP contribution in [0.2, 0.25) is 5.02 Å². The van der Waals surface area contributed by atoms with Gasteiger partial charge in [0.15, 0.2) is 0 Å². The van der Waals surface area contributed by atoms with E-state index in [4.69, 9.17) is 11.6 Å². The molecule has 0 spiro atoms. The van der Waals surface area contributed by atoms with Crippen LogP contribution < -0.4 is 10.2 Å². The molecule has 1 aliphatic heterocycles. The van der Waals surface area contributed by atoms with Crippen LogP contribution in [-0.4, -0.2) is 17.7 Å². The Balaban J connectivity index is 1.22. The Bertz CT molecular complexity index is 1140. The van der Waals surface area contributed by atoms with Crippen LogP contribution in [0.3, 0.4) is 0 Å². The van der Waals surface area contributed by atoms with Crippen molar-refractivity contribution in [3.63, 3.8) is 0 Å². The lowest BCUT2D eigenvalue weighted by Gasteiger charge is -2.37. The number of anilines is 2. The van der Waals surface area contributed by atoms with E-state index in [1.165, 1.54) is 4.90 Å². The normalized spacial score (nSPS) is 32.1. The quantitative estimate of drug-likeness (QED) is 0.484. The van der Waals surface area contributed by atoms with Crippen molar-refractivity contribution in [1.29, 1.82) is 0 Å². The molecule has 3 fully saturated rings. The third-order valence-electron chi connectivity index (χ3n) is 7.23. The van der Waals surface area contributed by atoms with E-state index in [0.717, 1.165) is 10.9 Å². The minimum Gasteiger partial charge on any atom is -0.322 e. The molecule has 2 bridgehead atoms. The Kier molecular flexibility index (Phi) is 4.21. The molecular weight excluding hydrogens is 480 g/mol. The summed E-state index contributed by atoms with van der Waals surface area (Å²) in [7, 11) is 0. The Morgan fingerprint density at radius 1 is 0.968 bits per heavy atom. The van der Waals surface area contributed by atoms with Gasteiger partial charge in [0.25, 0.3) is 5.91 Å². The fraction of sp³-hybridized carbons (Fsp3) is 0.292. The predicted molar refractivity (Wildman–Crippen MR) is 121 cm³/mol. The Labute approximate surface area is 192 Å². The lowest BCUT2D eigenvalue weighted by molar-refractivity contribution is -0.124. The van der Waals surface area contributed by atoms with Gasteiger partial charge in [0.2, 0.25) is 11.8 Å². The molecule has 31 heavy (non-hydrogen) atoms. The molecule has 1 N–H and O–H groups in total. The number of rotatable bonds is 3. The second kappa shape index (κ2) is 6.78. The van der Waals surface area contributed by atoms with Crippen molar-refractivity contribution in [1.82, 2.24) is 0 Å². The molecule has 3 amide bonds. The Morgan fingerprint density at radius 2 is 1.58 bits per heavy atom. The summed E-state index contributed by atoms with van der Waals surface area (Å²) in [5.41, 5.74) is 1.54. The molecule has 7 rings (SSSR count). The number of imide groups is 1. The van der Waals surface area contributed by atoms with Crippen LogP contribution >= 0.6 is 27.5 Å². The van der Waals surface area contributed by atoms with Gasteiger partial charge in [0.1, 0.15) is 0 Å². The zero-order chi connectivity index (χ0) is 21.4. The monoisotopic (exact) mass is 496 g/mol. The number of nitrogens with zero attached hydrogens (tertiary/aromatic N) is 1. The first-order chi connectivity index (χ1) is 14.9. The van der Waals surface area contributed by atoms with Gasteiger partial charge >= 0.3 is 0 Å². The zero-order valence-electron chi connectivity index (χ0n) is 16.3. The zero-order valence-corrected chi connectivity index (χ0v) is 18.6. The molecule has 5 aliphatic rings. The summed E-state index contributed by atoms with van der Waals surface area (Å²) in [6, 6.07) is 11.8. The van der Waals surface area contributed by atoms with Crippen LogP contribution in [0.1, 0.15) is 16.8 Å². The smallest absolute Gasteiger partial charge is 0.255 e. The summed E-state index contributed by atoms with van der Waals surface area (Å²) < 4.78 is 0.748. The number of benzene rings is 2. The Morgan fingerprint density at radius 3 is 2.16 bits per heavy atom. The number of hydrogen-bond donors (Lipinski definition) is 1. The molecule has 2 aromatic rings. The molecule has 0 aromatic heterocycles. The van der Waals surface area contributed by atoms with Crippen LogP contribution in [0.5, 0.6) is 0 Å². The van der Waals surface area contributed by atoms with E-state index in [1.54, 1.807) is 42.5 Å². The summed E-state index contributed by atoms with van der Waals surface area (Å²) in [5.74, 6) is 0.612. The fourth-order valence-electron chi connectivity index (χ4n) is 5.75. The van der Waals surface area contributed by atoms with E-state index in [2.05, 4.69) is 33.4 Å². The molecule has 1 heterocycles. The van der Waals surface area contributed by atoms with Crippen molar-refractivity contribution in [3.05, 3.63) is 69.7 Å². The maximum Gasteiger partial charge on any atom is 0.255 e. The van der Waals surface area contributed by atoms with E-state index in [0.29, 0.717) is 33.8 Å². The molecule has 2 saturated carbocycles. The molecule has 0 unspecified atom stereocenters. The van der Waals surface area contributed by atoms with Crippen molar-refractivity contribution in [3.8, 4) is 0 Å². The van der Waals surface area contributed by atoms with Gasteiger partial charge in [-0.05, 0) is 88.5 Å². The van der Waals surface area contributed by atoms with E-state index in [9.17, 15) is 14.4 Å². The average molecular weight is 498 g/mol. The van der Waals surface area contributed by atoms with Crippen molar-refractivity contribution in [2.24, 2.45) is 35.5 Å². The molecule has 1 saturated heterocycles. The van der Waals surface area contributed by atoms with Gasteiger partial charge < -0.3 is 5.32 Å². The lowest BCUT2D eigenvalue weighted by Crippen LogP contribution is -2.40. The first kappa shape index (κ1) is 19.3. The second-order valence-electron chi connectivity index (χ2n) is 8.80. The minimum atomic E-state index is -0.292. The standard InChI is InChI=1S/C24H18BrClN2O3/c25-18-8-3-12(9-19(18)26)27-22(29)11-1-4-13(5-2-11)28-23(30)20-14-6-7-15(17-10-16(14)17)21(20)24(28)31/h1-9,14-17,20-21H,10H2,(H,27,29)/t14-,15-,16-,17+,20-,21+/m0/s1. The maximum atomic E-state index is 13.2. The highest BCUT2D eigenvalue weighted by molar-refractivity contribution is 9.10.